The molecule has 0 unspecified atom stereocenters. The van der Waals surface area contributed by atoms with Crippen LogP contribution in [0.4, 0.5) is 5.95 Å². The Hall–Kier alpha value is -1.49. The molecule has 0 aromatic carbocycles. The number of carbonyl (C=O) groups is 1. The van der Waals surface area contributed by atoms with Crippen LogP contribution < -0.4 is 4.90 Å². The van der Waals surface area contributed by atoms with Crippen molar-refractivity contribution >= 4 is 11.7 Å². The van der Waals surface area contributed by atoms with Gasteiger partial charge >= 0.3 is 0 Å². The number of piperazine rings is 1. The summed E-state index contributed by atoms with van der Waals surface area (Å²) in [6.45, 7) is 16.5. The molecule has 1 aromatic heterocycles. The monoisotopic (exact) mass is 318 g/mol. The highest BCUT2D eigenvalue weighted by Crippen LogP contribution is 2.23. The molecule has 2 rings (SSSR count). The highest BCUT2D eigenvalue weighted by molar-refractivity contribution is 5.99. The van der Waals surface area contributed by atoms with Crippen LogP contribution in [0.3, 0.4) is 0 Å². The van der Waals surface area contributed by atoms with E-state index in [1.54, 1.807) is 12.4 Å². The lowest BCUT2D eigenvalue weighted by Gasteiger charge is -2.43. The van der Waals surface area contributed by atoms with Gasteiger partial charge in [0.25, 0.3) is 0 Å². The van der Waals surface area contributed by atoms with Gasteiger partial charge in [0.1, 0.15) is 0 Å². The Morgan fingerprint density at radius 1 is 1.04 bits per heavy atom. The zero-order chi connectivity index (χ0) is 17.3. The molecule has 0 spiro atoms. The molecule has 0 aliphatic carbocycles. The van der Waals surface area contributed by atoms with Crippen LogP contribution in [-0.2, 0) is 0 Å². The maximum absolute atomic E-state index is 12.2. The lowest BCUT2D eigenvalue weighted by molar-refractivity contribution is 0.0857. The standard InChI is InChI=1S/C18H30N4O/c1-7-18(5,6)22-10-8-21(9-11-22)16-19-12-14(13-20-16)15(23)17(2,3)4/h12-13H,7-11H2,1-6H3. The van der Waals surface area contributed by atoms with E-state index in [2.05, 4.69) is 40.5 Å². The summed E-state index contributed by atoms with van der Waals surface area (Å²) in [4.78, 5) is 25.8. The fraction of sp³-hybridized carbons (Fsp3) is 0.722. The van der Waals surface area contributed by atoms with Crippen LogP contribution in [0.1, 0.15) is 58.3 Å². The highest BCUT2D eigenvalue weighted by Gasteiger charge is 2.29. The molecular formula is C18H30N4O. The third-order valence-electron chi connectivity index (χ3n) is 4.87. The number of rotatable bonds is 4. The number of aromatic nitrogens is 2. The Balaban J connectivity index is 2.01. The number of nitrogens with zero attached hydrogens (tertiary/aromatic N) is 4. The van der Waals surface area contributed by atoms with Gasteiger partial charge in [-0.2, -0.15) is 0 Å². The summed E-state index contributed by atoms with van der Waals surface area (Å²) < 4.78 is 0. The van der Waals surface area contributed by atoms with Crippen molar-refractivity contribution in [3.05, 3.63) is 18.0 Å². The van der Waals surface area contributed by atoms with E-state index in [1.807, 2.05) is 20.8 Å². The lowest BCUT2D eigenvalue weighted by Crippen LogP contribution is -2.54. The van der Waals surface area contributed by atoms with Crippen LogP contribution in [0.25, 0.3) is 0 Å². The highest BCUT2D eigenvalue weighted by atomic mass is 16.1. The molecule has 0 amide bonds. The van der Waals surface area contributed by atoms with Crippen LogP contribution in [0.5, 0.6) is 0 Å². The van der Waals surface area contributed by atoms with E-state index in [9.17, 15) is 4.79 Å². The molecule has 0 atom stereocenters. The number of hydrogen-bond donors (Lipinski definition) is 0. The quantitative estimate of drug-likeness (QED) is 0.799. The van der Waals surface area contributed by atoms with E-state index >= 15 is 0 Å². The summed E-state index contributed by atoms with van der Waals surface area (Å²) in [7, 11) is 0. The van der Waals surface area contributed by atoms with Gasteiger partial charge in [0.15, 0.2) is 5.78 Å². The average Bonchev–Trinajstić information content (AvgIpc) is 2.53. The Labute approximate surface area is 140 Å². The molecule has 1 aliphatic heterocycles. The number of hydrogen-bond acceptors (Lipinski definition) is 5. The van der Waals surface area contributed by atoms with E-state index < -0.39 is 5.41 Å². The van der Waals surface area contributed by atoms with Gasteiger partial charge in [-0.05, 0) is 20.3 Å². The zero-order valence-corrected chi connectivity index (χ0v) is 15.4. The van der Waals surface area contributed by atoms with E-state index in [0.29, 0.717) is 5.56 Å². The molecule has 5 nitrogen and oxygen atoms in total. The van der Waals surface area contributed by atoms with Crippen molar-refractivity contribution in [2.75, 3.05) is 31.1 Å². The SMILES string of the molecule is CCC(C)(C)N1CCN(c2ncc(C(=O)C(C)(C)C)cn2)CC1. The fourth-order valence-electron chi connectivity index (χ4n) is 2.77. The number of ketones is 1. The summed E-state index contributed by atoms with van der Waals surface area (Å²) in [6.07, 6.45) is 4.48. The van der Waals surface area contributed by atoms with Gasteiger partial charge in [-0.25, -0.2) is 9.97 Å². The van der Waals surface area contributed by atoms with E-state index in [1.165, 1.54) is 0 Å². The average molecular weight is 318 g/mol. The van der Waals surface area contributed by atoms with E-state index in [-0.39, 0.29) is 11.3 Å². The predicted octanol–water partition coefficient (Wildman–Crippen LogP) is 3.02. The van der Waals surface area contributed by atoms with Crippen molar-refractivity contribution < 1.29 is 4.79 Å². The first-order valence-corrected chi connectivity index (χ1v) is 8.52. The van der Waals surface area contributed by atoms with Crippen molar-refractivity contribution in [2.45, 2.75) is 53.5 Å². The maximum Gasteiger partial charge on any atom is 0.225 e. The summed E-state index contributed by atoms with van der Waals surface area (Å²) in [5.74, 6) is 0.808. The fourth-order valence-corrected chi connectivity index (χ4v) is 2.77. The number of carbonyl (C=O) groups excluding carboxylic acids is 1. The first-order valence-electron chi connectivity index (χ1n) is 8.52. The van der Waals surface area contributed by atoms with Crippen molar-refractivity contribution in [2.24, 2.45) is 5.41 Å². The van der Waals surface area contributed by atoms with Crippen molar-refractivity contribution in [3.8, 4) is 0 Å². The molecule has 0 N–H and O–H groups in total. The Kier molecular flexibility index (Phi) is 5.09. The van der Waals surface area contributed by atoms with Gasteiger partial charge in [0.2, 0.25) is 5.95 Å². The van der Waals surface area contributed by atoms with Crippen LogP contribution in [-0.4, -0.2) is 52.4 Å². The Bertz CT molecular complexity index is 537. The smallest absolute Gasteiger partial charge is 0.225 e. The summed E-state index contributed by atoms with van der Waals surface area (Å²) in [5, 5.41) is 0. The van der Waals surface area contributed by atoms with Crippen LogP contribution in [0.2, 0.25) is 0 Å². The first-order chi connectivity index (χ1) is 10.6. The van der Waals surface area contributed by atoms with Crippen LogP contribution >= 0.6 is 0 Å². The molecule has 23 heavy (non-hydrogen) atoms. The van der Waals surface area contributed by atoms with E-state index in [4.69, 9.17) is 0 Å². The van der Waals surface area contributed by atoms with E-state index in [0.717, 1.165) is 38.5 Å². The number of anilines is 1. The third-order valence-corrected chi connectivity index (χ3v) is 4.87. The molecule has 0 saturated carbocycles. The molecule has 5 heteroatoms. The largest absolute Gasteiger partial charge is 0.338 e. The predicted molar refractivity (Wildman–Crippen MR) is 94.0 cm³/mol. The molecule has 0 radical (unpaired) electrons. The maximum atomic E-state index is 12.2. The van der Waals surface area contributed by atoms with Gasteiger partial charge in [0, 0.05) is 49.5 Å². The molecular weight excluding hydrogens is 288 g/mol. The van der Waals surface area contributed by atoms with Crippen molar-refractivity contribution in [3.63, 3.8) is 0 Å². The minimum atomic E-state index is -0.401. The second-order valence-electron chi connectivity index (χ2n) is 7.99. The molecule has 1 fully saturated rings. The van der Waals surface area contributed by atoms with Gasteiger partial charge in [-0.15, -0.1) is 0 Å². The van der Waals surface area contributed by atoms with Gasteiger partial charge in [0.05, 0.1) is 5.56 Å². The normalized spacial score (nSPS) is 17.4. The van der Waals surface area contributed by atoms with Gasteiger partial charge in [-0.1, -0.05) is 27.7 Å². The van der Waals surface area contributed by atoms with Gasteiger partial charge in [-0.3, -0.25) is 9.69 Å². The van der Waals surface area contributed by atoms with Gasteiger partial charge < -0.3 is 4.90 Å². The van der Waals surface area contributed by atoms with Crippen LogP contribution in [0.15, 0.2) is 12.4 Å². The Morgan fingerprint density at radius 2 is 1.57 bits per heavy atom. The lowest BCUT2D eigenvalue weighted by atomic mass is 9.88. The molecule has 1 aromatic rings. The molecule has 128 valence electrons. The molecule has 1 aliphatic rings. The second-order valence-corrected chi connectivity index (χ2v) is 7.99. The summed E-state index contributed by atoms with van der Waals surface area (Å²) >= 11 is 0. The molecule has 1 saturated heterocycles. The number of Topliss-reactive ketones (excluding diaryl/α,β-unsaturated/α-hetero) is 1. The zero-order valence-electron chi connectivity index (χ0n) is 15.4. The summed E-state index contributed by atoms with van der Waals surface area (Å²) in [5.41, 5.74) is 0.435. The summed E-state index contributed by atoms with van der Waals surface area (Å²) in [6, 6.07) is 0. The topological polar surface area (TPSA) is 49.3 Å². The minimum absolute atomic E-state index is 0.0820. The molecule has 2 heterocycles. The minimum Gasteiger partial charge on any atom is -0.338 e. The third kappa shape index (κ3) is 4.08. The molecule has 0 bridgehead atoms. The van der Waals surface area contributed by atoms with Crippen molar-refractivity contribution in [1.29, 1.82) is 0 Å². The Morgan fingerprint density at radius 3 is 2.00 bits per heavy atom. The second kappa shape index (κ2) is 6.56. The van der Waals surface area contributed by atoms with Crippen LogP contribution in [0, 0.1) is 5.41 Å². The van der Waals surface area contributed by atoms with Crippen molar-refractivity contribution in [1.82, 2.24) is 14.9 Å². The first kappa shape index (κ1) is 17.9.